The number of halogens is 2. The number of benzene rings is 1. The van der Waals surface area contributed by atoms with Crippen molar-refractivity contribution in [1.29, 1.82) is 0 Å². The van der Waals surface area contributed by atoms with Gasteiger partial charge in [0.05, 0.1) is 15.7 Å². The lowest BCUT2D eigenvalue weighted by atomic mass is 10.0. The minimum Gasteiger partial charge on any atom is -0.459 e. The van der Waals surface area contributed by atoms with Crippen molar-refractivity contribution in [3.63, 3.8) is 0 Å². The van der Waals surface area contributed by atoms with Crippen molar-refractivity contribution in [2.24, 2.45) is 4.99 Å². The van der Waals surface area contributed by atoms with Crippen LogP contribution in [0.4, 0.5) is 0 Å². The van der Waals surface area contributed by atoms with Crippen LogP contribution < -0.4 is 0 Å². The highest BCUT2D eigenvalue weighted by molar-refractivity contribution is 8.14. The smallest absolute Gasteiger partial charge is 0.161 e. The number of pyridine rings is 1. The average Bonchev–Trinajstić information content (AvgIpc) is 3.38. The molecule has 2 aliphatic rings. The van der Waals surface area contributed by atoms with Gasteiger partial charge in [-0.1, -0.05) is 48.0 Å². The molecule has 3 aromatic rings. The third-order valence-electron chi connectivity index (χ3n) is 5.00. The highest BCUT2D eigenvalue weighted by Gasteiger charge is 2.45. The first-order valence-corrected chi connectivity index (χ1v) is 10.7. The van der Waals surface area contributed by atoms with Crippen molar-refractivity contribution in [3.8, 4) is 11.3 Å². The van der Waals surface area contributed by atoms with Crippen LogP contribution in [0.1, 0.15) is 30.5 Å². The van der Waals surface area contributed by atoms with E-state index < -0.39 is 0 Å². The Morgan fingerprint density at radius 3 is 2.79 bits per heavy atom. The molecule has 3 atom stereocenters. The normalized spacial score (nSPS) is 23.8. The third kappa shape index (κ3) is 3.11. The van der Waals surface area contributed by atoms with E-state index in [-0.39, 0.29) is 12.1 Å². The highest BCUT2D eigenvalue weighted by Crippen LogP contribution is 2.48. The first-order chi connectivity index (χ1) is 13.6. The van der Waals surface area contributed by atoms with Crippen molar-refractivity contribution in [1.82, 2.24) is 9.88 Å². The fourth-order valence-electron chi connectivity index (χ4n) is 3.74. The van der Waals surface area contributed by atoms with Crippen molar-refractivity contribution in [3.05, 3.63) is 76.2 Å². The molecule has 4 heterocycles. The lowest BCUT2D eigenvalue weighted by Gasteiger charge is -2.25. The largest absolute Gasteiger partial charge is 0.459 e. The molecule has 1 saturated heterocycles. The zero-order chi connectivity index (χ0) is 19.3. The fraction of sp³-hybridized carbons (Fsp3) is 0.238. The molecular formula is C21H17Cl2N3OS. The number of aliphatic imine (C=N–C) groups is 1. The van der Waals surface area contributed by atoms with Crippen molar-refractivity contribution < 1.29 is 4.42 Å². The second kappa shape index (κ2) is 7.14. The second-order valence-electron chi connectivity index (χ2n) is 6.97. The van der Waals surface area contributed by atoms with Crippen LogP contribution in [0.3, 0.4) is 0 Å². The van der Waals surface area contributed by atoms with Crippen molar-refractivity contribution >= 4 is 40.1 Å². The number of rotatable bonds is 3. The summed E-state index contributed by atoms with van der Waals surface area (Å²) in [6, 6.07) is 15.4. The third-order valence-corrected chi connectivity index (χ3v) is 6.84. The molecule has 0 radical (unpaired) electrons. The van der Waals surface area contributed by atoms with Crippen LogP contribution >= 0.6 is 35.0 Å². The molecule has 1 aromatic carbocycles. The molecule has 28 heavy (non-hydrogen) atoms. The quantitative estimate of drug-likeness (QED) is 0.494. The summed E-state index contributed by atoms with van der Waals surface area (Å²) in [6.45, 7) is 3.17. The number of fused-ring (bicyclic) bond motifs is 1. The Labute approximate surface area is 177 Å². The molecule has 5 rings (SSSR count). The summed E-state index contributed by atoms with van der Waals surface area (Å²) in [5.41, 5.74) is 1.86. The number of nitrogens with zero attached hydrogens (tertiary/aromatic N) is 3. The molecule has 0 aliphatic carbocycles. The Bertz CT molecular complexity index is 1050. The summed E-state index contributed by atoms with van der Waals surface area (Å²) in [4.78, 5) is 11.9. The van der Waals surface area contributed by atoms with E-state index in [1.165, 1.54) is 0 Å². The molecule has 7 heteroatoms. The number of aromatic nitrogens is 1. The molecule has 0 amide bonds. The lowest BCUT2D eigenvalue weighted by Crippen LogP contribution is -2.28. The zero-order valence-electron chi connectivity index (χ0n) is 15.0. The average molecular weight is 430 g/mol. The van der Waals surface area contributed by atoms with Crippen LogP contribution in [0.25, 0.3) is 11.3 Å². The Kier molecular flexibility index (Phi) is 4.62. The lowest BCUT2D eigenvalue weighted by molar-refractivity contribution is 0.277. The summed E-state index contributed by atoms with van der Waals surface area (Å²) in [6.07, 6.45) is 1.81. The van der Waals surface area contributed by atoms with Crippen LogP contribution in [0.5, 0.6) is 0 Å². The zero-order valence-corrected chi connectivity index (χ0v) is 17.4. The van der Waals surface area contributed by atoms with Gasteiger partial charge in [0, 0.05) is 23.6 Å². The van der Waals surface area contributed by atoms with Gasteiger partial charge in [0.2, 0.25) is 0 Å². The summed E-state index contributed by atoms with van der Waals surface area (Å²) in [5, 5.41) is 2.63. The molecular weight excluding hydrogens is 413 g/mol. The topological polar surface area (TPSA) is 41.6 Å². The SMILES string of the molecule is C[C@@H]1CN2C(=N[C@@H](c3ccccn3)[C@H]2c2ccc(-c3ccc(Cl)c(Cl)c3)o2)S1. The predicted octanol–water partition coefficient (Wildman–Crippen LogP) is 6.24. The van der Waals surface area contributed by atoms with Crippen LogP contribution in [-0.4, -0.2) is 26.8 Å². The van der Waals surface area contributed by atoms with Crippen LogP contribution in [-0.2, 0) is 0 Å². The summed E-state index contributed by atoms with van der Waals surface area (Å²) < 4.78 is 6.29. The summed E-state index contributed by atoms with van der Waals surface area (Å²) in [5.74, 6) is 1.65. The summed E-state index contributed by atoms with van der Waals surface area (Å²) >= 11 is 14.0. The van der Waals surface area contributed by atoms with Crippen LogP contribution in [0, 0.1) is 0 Å². The minimum atomic E-state index is -0.0796. The van der Waals surface area contributed by atoms with Crippen LogP contribution in [0.15, 0.2) is 64.1 Å². The maximum absolute atomic E-state index is 6.29. The van der Waals surface area contributed by atoms with Gasteiger partial charge in [-0.3, -0.25) is 4.98 Å². The van der Waals surface area contributed by atoms with Gasteiger partial charge in [-0.2, -0.15) is 0 Å². The molecule has 2 aliphatic heterocycles. The van der Waals surface area contributed by atoms with Gasteiger partial charge in [-0.15, -0.1) is 0 Å². The monoisotopic (exact) mass is 429 g/mol. The molecule has 0 bridgehead atoms. The standard InChI is InChI=1S/C21H17Cl2N3OS/c1-12-11-26-20(19(25-21(26)28-12)16-4-2-3-9-24-16)18-8-7-17(27-18)13-5-6-14(22)15(23)10-13/h2-10,12,19-20H,11H2,1H3/t12-,19+,20-/m1/s1. The van der Waals surface area contributed by atoms with E-state index in [1.54, 1.807) is 6.07 Å². The molecule has 4 nitrogen and oxygen atoms in total. The number of amidine groups is 1. The van der Waals surface area contributed by atoms with E-state index in [0.29, 0.717) is 15.3 Å². The molecule has 142 valence electrons. The Hall–Kier alpha value is -1.95. The van der Waals surface area contributed by atoms with E-state index >= 15 is 0 Å². The van der Waals surface area contributed by atoms with E-state index in [4.69, 9.17) is 32.6 Å². The van der Waals surface area contributed by atoms with E-state index in [1.807, 2.05) is 60.4 Å². The van der Waals surface area contributed by atoms with Gasteiger partial charge < -0.3 is 9.32 Å². The second-order valence-corrected chi connectivity index (χ2v) is 9.19. The Balaban J connectivity index is 1.53. The van der Waals surface area contributed by atoms with Crippen LogP contribution in [0.2, 0.25) is 10.0 Å². The molecule has 0 N–H and O–H groups in total. The van der Waals surface area contributed by atoms with Crippen molar-refractivity contribution in [2.75, 3.05) is 6.54 Å². The van der Waals surface area contributed by atoms with Gasteiger partial charge in [-0.05, 0) is 42.5 Å². The van der Waals surface area contributed by atoms with Crippen molar-refractivity contribution in [2.45, 2.75) is 24.3 Å². The Morgan fingerprint density at radius 2 is 2.00 bits per heavy atom. The first kappa shape index (κ1) is 18.1. The number of hydrogen-bond donors (Lipinski definition) is 0. The van der Waals surface area contributed by atoms with E-state index in [2.05, 4.69) is 16.8 Å². The fourth-order valence-corrected chi connectivity index (χ4v) is 5.13. The van der Waals surface area contributed by atoms with Gasteiger partial charge in [-0.25, -0.2) is 4.99 Å². The maximum atomic E-state index is 6.29. The van der Waals surface area contributed by atoms with Gasteiger partial charge >= 0.3 is 0 Å². The number of hydrogen-bond acceptors (Lipinski definition) is 5. The molecule has 0 saturated carbocycles. The van der Waals surface area contributed by atoms with Gasteiger partial charge in [0.1, 0.15) is 23.6 Å². The van der Waals surface area contributed by atoms with E-state index in [0.717, 1.165) is 34.5 Å². The van der Waals surface area contributed by atoms with Gasteiger partial charge in [0.15, 0.2) is 5.17 Å². The molecule has 0 spiro atoms. The first-order valence-electron chi connectivity index (χ1n) is 9.07. The minimum absolute atomic E-state index is 0.00104. The highest BCUT2D eigenvalue weighted by atomic mass is 35.5. The number of thioether (sulfide) groups is 1. The van der Waals surface area contributed by atoms with E-state index in [9.17, 15) is 0 Å². The number of furan rings is 1. The molecule has 2 aromatic heterocycles. The maximum Gasteiger partial charge on any atom is 0.161 e. The van der Waals surface area contributed by atoms with Gasteiger partial charge in [0.25, 0.3) is 0 Å². The Morgan fingerprint density at radius 1 is 1.11 bits per heavy atom. The molecule has 0 unspecified atom stereocenters. The summed E-state index contributed by atoms with van der Waals surface area (Å²) in [7, 11) is 0. The predicted molar refractivity (Wildman–Crippen MR) is 115 cm³/mol. The molecule has 1 fully saturated rings.